The minimum atomic E-state index is -4.53. The van der Waals surface area contributed by atoms with Crippen molar-refractivity contribution in [2.45, 2.75) is 32.9 Å². The molecule has 108 valence electrons. The number of carbonyl (C=O) groups is 1. The van der Waals surface area contributed by atoms with Crippen molar-refractivity contribution in [2.24, 2.45) is 5.41 Å². The summed E-state index contributed by atoms with van der Waals surface area (Å²) in [5.74, 6) is -0.981. The molecule has 0 amide bonds. The maximum Gasteiger partial charge on any atom is 0.445 e. The van der Waals surface area contributed by atoms with Crippen LogP contribution in [0.1, 0.15) is 31.7 Å². The fourth-order valence-electron chi connectivity index (χ4n) is 1.53. The zero-order valence-corrected chi connectivity index (χ0v) is 11.2. The number of nitrogens with zero attached hydrogens (tertiary/aromatic N) is 2. The Kier molecular flexibility index (Phi) is 4.72. The van der Waals surface area contributed by atoms with E-state index < -0.39 is 22.6 Å². The normalized spacial score (nSPS) is 12.5. The average Bonchev–Trinajstić information content (AvgIpc) is 2.79. The smallest absolute Gasteiger partial charge is 0.445 e. The monoisotopic (exact) mass is 297 g/mol. The third-order valence-electron chi connectivity index (χ3n) is 3.05. The van der Waals surface area contributed by atoms with Crippen LogP contribution in [0.5, 0.6) is 0 Å². The topological polar surface area (TPSA) is 75.1 Å². The summed E-state index contributed by atoms with van der Waals surface area (Å²) < 4.78 is 37.0. The molecule has 0 aliphatic rings. The van der Waals surface area contributed by atoms with E-state index in [1.54, 1.807) is 13.8 Å². The molecule has 0 aromatic carbocycles. The zero-order valence-electron chi connectivity index (χ0n) is 10.4. The molecule has 0 atom stereocenters. The summed E-state index contributed by atoms with van der Waals surface area (Å²) in [5, 5.41) is 17.1. The van der Waals surface area contributed by atoms with Gasteiger partial charge in [0, 0.05) is 6.54 Å². The van der Waals surface area contributed by atoms with Crippen molar-refractivity contribution in [1.82, 2.24) is 10.2 Å². The van der Waals surface area contributed by atoms with Gasteiger partial charge in [-0.1, -0.05) is 25.2 Å². The summed E-state index contributed by atoms with van der Waals surface area (Å²) in [7, 11) is 0. The Hall–Kier alpha value is -1.38. The number of carboxylic acids is 1. The van der Waals surface area contributed by atoms with Crippen LogP contribution >= 0.6 is 11.3 Å². The van der Waals surface area contributed by atoms with Crippen molar-refractivity contribution < 1.29 is 23.1 Å². The molecule has 9 heteroatoms. The van der Waals surface area contributed by atoms with Crippen LogP contribution in [0.15, 0.2) is 0 Å². The lowest BCUT2D eigenvalue weighted by atomic mass is 9.82. The Balaban J connectivity index is 2.76. The molecular weight excluding hydrogens is 283 g/mol. The maximum absolute atomic E-state index is 12.3. The van der Waals surface area contributed by atoms with Crippen LogP contribution in [-0.2, 0) is 11.0 Å². The van der Waals surface area contributed by atoms with Gasteiger partial charge in [0.05, 0.1) is 5.41 Å². The zero-order chi connectivity index (χ0) is 14.7. The molecule has 1 heterocycles. The van der Waals surface area contributed by atoms with Gasteiger partial charge in [0.2, 0.25) is 10.1 Å². The van der Waals surface area contributed by atoms with Crippen LogP contribution in [0.2, 0.25) is 0 Å². The highest BCUT2D eigenvalue weighted by molar-refractivity contribution is 7.15. The molecule has 2 N–H and O–H groups in total. The molecule has 0 radical (unpaired) electrons. The van der Waals surface area contributed by atoms with Crippen LogP contribution in [0.25, 0.3) is 0 Å². The molecule has 0 saturated heterocycles. The van der Waals surface area contributed by atoms with Gasteiger partial charge in [0.25, 0.3) is 0 Å². The average molecular weight is 297 g/mol. The summed E-state index contributed by atoms with van der Waals surface area (Å²) in [4.78, 5) is 11.2. The van der Waals surface area contributed by atoms with Crippen LogP contribution in [0.3, 0.4) is 0 Å². The van der Waals surface area contributed by atoms with Gasteiger partial charge in [-0.2, -0.15) is 13.2 Å². The molecule has 0 saturated carbocycles. The molecule has 1 aromatic rings. The Morgan fingerprint density at radius 1 is 1.32 bits per heavy atom. The minimum Gasteiger partial charge on any atom is -0.481 e. The molecule has 0 spiro atoms. The first kappa shape index (κ1) is 15.7. The number of rotatable bonds is 6. The first-order valence-electron chi connectivity index (χ1n) is 5.63. The van der Waals surface area contributed by atoms with E-state index in [0.29, 0.717) is 24.2 Å². The third kappa shape index (κ3) is 3.55. The lowest BCUT2D eigenvalue weighted by Crippen LogP contribution is -2.36. The number of carboxylic acid groups (broad SMARTS) is 1. The van der Waals surface area contributed by atoms with Crippen molar-refractivity contribution in [2.75, 3.05) is 11.9 Å². The SMILES string of the molecule is CCC(CC)(CNc1nnc(C(F)(F)F)s1)C(=O)O. The standard InChI is InChI=1S/C10H14F3N3O2S/c1-3-9(4-2,7(17)18)5-14-8-16-15-6(19-8)10(11,12)13/h3-5H2,1-2H3,(H,14,16)(H,17,18). The van der Waals surface area contributed by atoms with E-state index in [0.717, 1.165) is 0 Å². The Bertz CT molecular complexity index is 443. The van der Waals surface area contributed by atoms with Crippen molar-refractivity contribution in [3.8, 4) is 0 Å². The highest BCUT2D eigenvalue weighted by Crippen LogP contribution is 2.34. The van der Waals surface area contributed by atoms with Crippen LogP contribution in [0.4, 0.5) is 18.3 Å². The molecule has 0 unspecified atom stereocenters. The molecule has 1 aromatic heterocycles. The Morgan fingerprint density at radius 2 is 1.89 bits per heavy atom. The Labute approximate surface area is 111 Å². The fourth-order valence-corrected chi connectivity index (χ4v) is 2.14. The molecule has 0 fully saturated rings. The van der Waals surface area contributed by atoms with Crippen molar-refractivity contribution in [3.05, 3.63) is 5.01 Å². The van der Waals surface area contributed by atoms with Crippen LogP contribution < -0.4 is 5.32 Å². The van der Waals surface area contributed by atoms with Crippen molar-refractivity contribution >= 4 is 22.4 Å². The van der Waals surface area contributed by atoms with Gasteiger partial charge >= 0.3 is 12.1 Å². The van der Waals surface area contributed by atoms with Gasteiger partial charge in [-0.15, -0.1) is 10.2 Å². The van der Waals surface area contributed by atoms with E-state index in [1.807, 2.05) is 0 Å². The number of alkyl halides is 3. The summed E-state index contributed by atoms with van der Waals surface area (Å²) in [6, 6.07) is 0. The van der Waals surface area contributed by atoms with Crippen molar-refractivity contribution in [1.29, 1.82) is 0 Å². The Morgan fingerprint density at radius 3 is 2.26 bits per heavy atom. The number of anilines is 1. The molecule has 1 rings (SSSR count). The van der Waals surface area contributed by atoms with Crippen LogP contribution in [0, 0.1) is 5.41 Å². The van der Waals surface area contributed by atoms with Gasteiger partial charge < -0.3 is 10.4 Å². The fraction of sp³-hybridized carbons (Fsp3) is 0.700. The number of halogens is 3. The predicted octanol–water partition coefficient (Wildman–Crippen LogP) is 2.86. The highest BCUT2D eigenvalue weighted by Gasteiger charge is 2.37. The summed E-state index contributed by atoms with van der Waals surface area (Å²) in [6.07, 6.45) is -3.79. The lowest BCUT2D eigenvalue weighted by molar-refractivity contribution is -0.148. The van der Waals surface area contributed by atoms with Crippen molar-refractivity contribution in [3.63, 3.8) is 0 Å². The maximum atomic E-state index is 12.3. The summed E-state index contributed by atoms with van der Waals surface area (Å²) in [6.45, 7) is 3.46. The number of aliphatic carboxylic acids is 1. The van der Waals surface area contributed by atoms with Gasteiger partial charge in [0.15, 0.2) is 0 Å². The number of nitrogens with one attached hydrogen (secondary N) is 1. The molecule has 0 aliphatic heterocycles. The first-order valence-corrected chi connectivity index (χ1v) is 6.45. The molecular formula is C10H14F3N3O2S. The molecule has 5 nitrogen and oxygen atoms in total. The van der Waals surface area contributed by atoms with E-state index in [9.17, 15) is 23.1 Å². The summed E-state index contributed by atoms with van der Waals surface area (Å²) >= 11 is 0.362. The minimum absolute atomic E-state index is 0.0157. The van der Waals surface area contributed by atoms with E-state index in [4.69, 9.17) is 0 Å². The second kappa shape index (κ2) is 5.72. The van der Waals surface area contributed by atoms with Gasteiger partial charge in [-0.25, -0.2) is 0 Å². The largest absolute Gasteiger partial charge is 0.481 e. The number of hydrogen-bond donors (Lipinski definition) is 2. The van der Waals surface area contributed by atoms with E-state index in [2.05, 4.69) is 15.5 Å². The van der Waals surface area contributed by atoms with Crippen LogP contribution in [-0.4, -0.2) is 27.8 Å². The third-order valence-corrected chi connectivity index (χ3v) is 3.98. The van der Waals surface area contributed by atoms with E-state index in [1.165, 1.54) is 0 Å². The highest BCUT2D eigenvalue weighted by atomic mass is 32.1. The number of aromatic nitrogens is 2. The summed E-state index contributed by atoms with van der Waals surface area (Å²) in [5.41, 5.74) is -1.01. The second-order valence-corrected chi connectivity index (χ2v) is 5.03. The molecule has 19 heavy (non-hydrogen) atoms. The van der Waals surface area contributed by atoms with E-state index >= 15 is 0 Å². The van der Waals surface area contributed by atoms with E-state index in [-0.39, 0.29) is 11.7 Å². The van der Waals surface area contributed by atoms with Gasteiger partial charge in [-0.05, 0) is 12.8 Å². The molecule has 0 aliphatic carbocycles. The van der Waals surface area contributed by atoms with Gasteiger partial charge in [0.1, 0.15) is 0 Å². The molecule has 0 bridgehead atoms. The number of hydrogen-bond acceptors (Lipinski definition) is 5. The quantitative estimate of drug-likeness (QED) is 0.844. The first-order chi connectivity index (χ1) is 8.75. The van der Waals surface area contributed by atoms with Gasteiger partial charge in [-0.3, -0.25) is 4.79 Å². The predicted molar refractivity (Wildman–Crippen MR) is 64.1 cm³/mol. The second-order valence-electron chi connectivity index (χ2n) is 4.06. The lowest BCUT2D eigenvalue weighted by Gasteiger charge is -2.26.